The molecule has 5 nitrogen and oxygen atoms in total. The number of carboxylic acids is 1. The van der Waals surface area contributed by atoms with E-state index in [-0.39, 0.29) is 16.7 Å². The van der Waals surface area contributed by atoms with Gasteiger partial charge in [0.05, 0.1) is 5.56 Å². The molecule has 0 aromatic heterocycles. The molecule has 0 bridgehead atoms. The van der Waals surface area contributed by atoms with Gasteiger partial charge < -0.3 is 20.4 Å². The molecule has 0 saturated carbocycles. The highest BCUT2D eigenvalue weighted by Crippen LogP contribution is 2.45. The average molecular weight is 364 g/mol. The van der Waals surface area contributed by atoms with Gasteiger partial charge in [-0.3, -0.25) is 0 Å². The number of halogens is 3. The van der Waals surface area contributed by atoms with Crippen LogP contribution in [0.4, 0.5) is 0 Å². The average Bonchev–Trinajstić information content (AvgIpc) is 2.43. The van der Waals surface area contributed by atoms with Gasteiger partial charge in [0, 0.05) is 11.1 Å². The Balaban J connectivity index is 2.66. The lowest BCUT2D eigenvalue weighted by atomic mass is 9.96. The van der Waals surface area contributed by atoms with Gasteiger partial charge in [-0.1, -0.05) is 59.1 Å². The van der Waals surface area contributed by atoms with E-state index >= 15 is 0 Å². The summed E-state index contributed by atoms with van der Waals surface area (Å²) in [6, 6.07) is 6.58. The summed E-state index contributed by atoms with van der Waals surface area (Å²) in [5.74, 6) is -3.69. The number of rotatable bonds is 2. The van der Waals surface area contributed by atoms with E-state index in [1.165, 1.54) is 24.3 Å². The summed E-state index contributed by atoms with van der Waals surface area (Å²) < 4.78 is -1.65. The maximum Gasteiger partial charge on any atom is 0.336 e. The zero-order chi connectivity index (χ0) is 16.7. The lowest BCUT2D eigenvalue weighted by Crippen LogP contribution is -2.02. The van der Waals surface area contributed by atoms with Crippen LogP contribution in [0.15, 0.2) is 30.3 Å². The Morgan fingerprint density at radius 2 is 1.50 bits per heavy atom. The van der Waals surface area contributed by atoms with Gasteiger partial charge in [0.2, 0.25) is 9.54 Å². The van der Waals surface area contributed by atoms with E-state index in [0.717, 1.165) is 6.07 Å². The van der Waals surface area contributed by atoms with Gasteiger partial charge in [0.15, 0.2) is 11.5 Å². The smallest absolute Gasteiger partial charge is 0.336 e. The van der Waals surface area contributed by atoms with Gasteiger partial charge >= 0.3 is 5.97 Å². The number of phenolic OH excluding ortho intramolecular Hbond substituents is 3. The molecule has 0 unspecified atom stereocenters. The Morgan fingerprint density at radius 3 is 1.95 bits per heavy atom. The highest BCUT2D eigenvalue weighted by atomic mass is 35.6. The van der Waals surface area contributed by atoms with Gasteiger partial charge in [-0.05, 0) is 11.6 Å². The topological polar surface area (TPSA) is 98.0 Å². The van der Waals surface area contributed by atoms with Gasteiger partial charge in [0.25, 0.3) is 0 Å². The van der Waals surface area contributed by atoms with Crippen LogP contribution in [0.3, 0.4) is 0 Å². The molecule has 4 N–H and O–H groups in total. The van der Waals surface area contributed by atoms with Crippen molar-refractivity contribution < 1.29 is 25.2 Å². The molecule has 0 saturated heterocycles. The monoisotopic (exact) mass is 362 g/mol. The molecule has 8 heteroatoms. The van der Waals surface area contributed by atoms with Crippen molar-refractivity contribution in [2.45, 2.75) is 3.79 Å². The second kappa shape index (κ2) is 5.76. The van der Waals surface area contributed by atoms with Crippen molar-refractivity contribution in [3.05, 3.63) is 41.5 Å². The minimum absolute atomic E-state index is 0.154. The van der Waals surface area contributed by atoms with E-state index in [1.54, 1.807) is 0 Å². The van der Waals surface area contributed by atoms with Gasteiger partial charge in [0.1, 0.15) is 0 Å². The maximum absolute atomic E-state index is 11.3. The number of benzene rings is 2. The molecule has 0 heterocycles. The summed E-state index contributed by atoms with van der Waals surface area (Å²) in [6.45, 7) is 0. The van der Waals surface area contributed by atoms with E-state index in [4.69, 9.17) is 34.8 Å². The highest BCUT2D eigenvalue weighted by molar-refractivity contribution is 6.66. The number of aromatic carboxylic acids is 1. The summed E-state index contributed by atoms with van der Waals surface area (Å²) in [5, 5.41) is 38.1. The molecule has 0 aliphatic rings. The molecule has 0 spiro atoms. The van der Waals surface area contributed by atoms with Crippen LogP contribution < -0.4 is 0 Å². The fourth-order valence-electron chi connectivity index (χ4n) is 1.93. The second-order valence-electron chi connectivity index (χ2n) is 4.40. The Hall–Kier alpha value is -1.82. The van der Waals surface area contributed by atoms with Crippen LogP contribution in [0.5, 0.6) is 17.2 Å². The number of hydrogen-bond donors (Lipinski definition) is 4. The number of carboxylic acid groups (broad SMARTS) is 1. The Kier molecular flexibility index (Phi) is 4.33. The lowest BCUT2D eigenvalue weighted by molar-refractivity contribution is 0.0697. The first-order chi connectivity index (χ1) is 10.1. The Labute approximate surface area is 139 Å². The zero-order valence-electron chi connectivity index (χ0n) is 10.7. The van der Waals surface area contributed by atoms with E-state index < -0.39 is 27.0 Å². The summed E-state index contributed by atoms with van der Waals surface area (Å²) in [5.41, 5.74) is 0.0805. The molecule has 0 radical (unpaired) electrons. The van der Waals surface area contributed by atoms with E-state index in [2.05, 4.69) is 0 Å². The van der Waals surface area contributed by atoms with E-state index in [0.29, 0.717) is 5.56 Å². The molecule has 0 aliphatic heterocycles. The molecular weight excluding hydrogens is 355 g/mol. The van der Waals surface area contributed by atoms with Crippen LogP contribution in [-0.4, -0.2) is 26.4 Å². The third-order valence-corrected chi connectivity index (χ3v) is 3.64. The maximum atomic E-state index is 11.3. The first-order valence-corrected chi connectivity index (χ1v) is 6.95. The molecule has 0 fully saturated rings. The van der Waals surface area contributed by atoms with Crippen LogP contribution >= 0.6 is 34.8 Å². The summed E-state index contributed by atoms with van der Waals surface area (Å²) in [4.78, 5) is 11.3. The minimum Gasteiger partial charge on any atom is -0.504 e. The fourth-order valence-corrected chi connectivity index (χ4v) is 2.31. The highest BCUT2D eigenvalue weighted by Gasteiger charge is 2.25. The molecule has 0 aliphatic carbocycles. The zero-order valence-corrected chi connectivity index (χ0v) is 13.0. The van der Waals surface area contributed by atoms with Crippen molar-refractivity contribution in [1.82, 2.24) is 0 Å². The van der Waals surface area contributed by atoms with E-state index in [1.807, 2.05) is 0 Å². The first kappa shape index (κ1) is 16.5. The van der Waals surface area contributed by atoms with E-state index in [9.17, 15) is 25.2 Å². The first-order valence-electron chi connectivity index (χ1n) is 5.81. The fraction of sp³-hybridized carbons (Fsp3) is 0.0714. The largest absolute Gasteiger partial charge is 0.504 e. The molecular formula is C14H9Cl3O5. The SMILES string of the molecule is O=C(O)c1cc(O)c(O)c(O)c1-c1ccc(C(Cl)(Cl)Cl)cc1. The predicted octanol–water partition coefficient (Wildman–Crippen LogP) is 4.00. The Bertz CT molecular complexity index is 736. The molecule has 0 amide bonds. The lowest BCUT2D eigenvalue weighted by Gasteiger charge is -2.14. The van der Waals surface area contributed by atoms with Crippen molar-refractivity contribution in [2.24, 2.45) is 0 Å². The summed E-state index contributed by atoms with van der Waals surface area (Å²) in [6.07, 6.45) is 0. The minimum atomic E-state index is -1.65. The molecule has 22 heavy (non-hydrogen) atoms. The van der Waals surface area contributed by atoms with Gasteiger partial charge in [-0.25, -0.2) is 4.79 Å². The van der Waals surface area contributed by atoms with Crippen molar-refractivity contribution in [2.75, 3.05) is 0 Å². The number of alkyl halides is 3. The molecule has 2 aromatic carbocycles. The van der Waals surface area contributed by atoms with Crippen LogP contribution in [-0.2, 0) is 3.79 Å². The van der Waals surface area contributed by atoms with Crippen molar-refractivity contribution in [1.29, 1.82) is 0 Å². The number of aromatic hydroxyl groups is 3. The standard InChI is InChI=1S/C14H9Cl3O5/c15-14(16,17)7-3-1-6(2-4-7)10-8(13(21)22)5-9(18)11(19)12(10)20/h1-5,18-20H,(H,21,22). The normalized spacial score (nSPS) is 11.4. The van der Waals surface area contributed by atoms with Gasteiger partial charge in [-0.2, -0.15) is 0 Å². The molecule has 2 aromatic rings. The predicted molar refractivity (Wildman–Crippen MR) is 83.1 cm³/mol. The molecule has 116 valence electrons. The molecule has 0 atom stereocenters. The second-order valence-corrected chi connectivity index (χ2v) is 6.68. The van der Waals surface area contributed by atoms with Crippen molar-refractivity contribution in [3.63, 3.8) is 0 Å². The van der Waals surface area contributed by atoms with Crippen LogP contribution in [0.25, 0.3) is 11.1 Å². The Morgan fingerprint density at radius 1 is 0.955 bits per heavy atom. The van der Waals surface area contributed by atoms with Crippen molar-refractivity contribution in [3.8, 4) is 28.4 Å². The third-order valence-electron chi connectivity index (χ3n) is 2.99. The summed E-state index contributed by atoms with van der Waals surface area (Å²) >= 11 is 17.2. The van der Waals surface area contributed by atoms with Crippen LogP contribution in [0.1, 0.15) is 15.9 Å². The number of hydrogen-bond acceptors (Lipinski definition) is 4. The van der Waals surface area contributed by atoms with Crippen LogP contribution in [0, 0.1) is 0 Å². The number of carbonyl (C=O) groups is 1. The molecule has 2 rings (SSSR count). The van der Waals surface area contributed by atoms with Gasteiger partial charge in [-0.15, -0.1) is 0 Å². The van der Waals surface area contributed by atoms with Crippen molar-refractivity contribution >= 4 is 40.8 Å². The third kappa shape index (κ3) is 3.02. The number of phenols is 3. The van der Waals surface area contributed by atoms with Crippen LogP contribution in [0.2, 0.25) is 0 Å². The summed E-state index contributed by atoms with van der Waals surface area (Å²) in [7, 11) is 0. The quantitative estimate of drug-likeness (QED) is 0.477.